The molecule has 0 N–H and O–H groups in total. The zero-order valence-electron chi connectivity index (χ0n) is 11.1. The van der Waals surface area contributed by atoms with E-state index in [9.17, 15) is 0 Å². The average molecular weight is 396 g/mol. The van der Waals surface area contributed by atoms with Gasteiger partial charge in [-0.05, 0) is 48.2 Å². The van der Waals surface area contributed by atoms with Gasteiger partial charge < -0.3 is 0 Å². The van der Waals surface area contributed by atoms with E-state index in [2.05, 4.69) is 66.4 Å². The van der Waals surface area contributed by atoms with Crippen molar-refractivity contribution >= 4 is 43.2 Å². The third-order valence-electron chi connectivity index (χ3n) is 2.92. The lowest BCUT2D eigenvalue weighted by Gasteiger charge is -1.99. The van der Waals surface area contributed by atoms with Crippen LogP contribution < -0.4 is 0 Å². The zero-order valence-corrected chi connectivity index (χ0v) is 14.3. The van der Waals surface area contributed by atoms with Crippen molar-refractivity contribution in [3.05, 3.63) is 59.7 Å². The van der Waals surface area contributed by atoms with Gasteiger partial charge in [0.1, 0.15) is 0 Å². The summed E-state index contributed by atoms with van der Waals surface area (Å²) in [7, 11) is 0. The highest BCUT2D eigenvalue weighted by atomic mass is 79.9. The molecule has 0 aliphatic carbocycles. The fraction of sp³-hybridized carbons (Fsp3) is 0.250. The lowest BCUT2D eigenvalue weighted by atomic mass is 10.1. The summed E-state index contributed by atoms with van der Waals surface area (Å²) in [5.41, 5.74) is 4.38. The first kappa shape index (κ1) is 15.4. The Morgan fingerprint density at radius 2 is 0.950 bits per heavy atom. The van der Waals surface area contributed by atoms with Gasteiger partial charge in [0.05, 0.1) is 11.4 Å². The molecule has 0 atom stereocenters. The number of azo groups is 1. The summed E-state index contributed by atoms with van der Waals surface area (Å²) in [5, 5.41) is 10.5. The SMILES string of the molecule is BrCCc1ccc(/N=N/c2ccc(CCBr)cc2)cc1. The Morgan fingerprint density at radius 3 is 1.25 bits per heavy atom. The van der Waals surface area contributed by atoms with E-state index in [0.717, 1.165) is 34.9 Å². The van der Waals surface area contributed by atoms with E-state index < -0.39 is 0 Å². The van der Waals surface area contributed by atoms with Gasteiger partial charge in [-0.1, -0.05) is 56.1 Å². The van der Waals surface area contributed by atoms with Crippen LogP contribution in [0.15, 0.2) is 58.8 Å². The van der Waals surface area contributed by atoms with Gasteiger partial charge in [-0.2, -0.15) is 10.2 Å². The Hall–Kier alpha value is -1.00. The number of rotatable bonds is 6. The molecule has 2 rings (SSSR count). The highest BCUT2D eigenvalue weighted by molar-refractivity contribution is 9.09. The zero-order chi connectivity index (χ0) is 14.2. The number of hydrogen-bond acceptors (Lipinski definition) is 2. The fourth-order valence-electron chi connectivity index (χ4n) is 1.79. The number of benzene rings is 2. The Bertz CT molecular complexity index is 496. The Labute approximate surface area is 136 Å². The average Bonchev–Trinajstić information content (AvgIpc) is 2.49. The van der Waals surface area contributed by atoms with Crippen molar-refractivity contribution < 1.29 is 0 Å². The quantitative estimate of drug-likeness (QED) is 0.424. The number of aryl methyl sites for hydroxylation is 2. The summed E-state index contributed by atoms with van der Waals surface area (Å²) in [5.74, 6) is 0. The first-order valence-corrected chi connectivity index (χ1v) is 8.77. The summed E-state index contributed by atoms with van der Waals surface area (Å²) >= 11 is 6.88. The minimum absolute atomic E-state index is 0.882. The predicted octanol–water partition coefficient (Wildman–Crippen LogP) is 5.98. The third-order valence-corrected chi connectivity index (χ3v) is 3.71. The molecule has 2 aromatic carbocycles. The molecule has 104 valence electrons. The Balaban J connectivity index is 2.01. The summed E-state index contributed by atoms with van der Waals surface area (Å²) in [6.07, 6.45) is 2.07. The van der Waals surface area contributed by atoms with Crippen LogP contribution in [0.5, 0.6) is 0 Å². The van der Waals surface area contributed by atoms with Crippen LogP contribution in [0, 0.1) is 0 Å². The minimum Gasteiger partial charge on any atom is -0.151 e. The van der Waals surface area contributed by atoms with E-state index in [0.29, 0.717) is 0 Å². The third kappa shape index (κ3) is 4.84. The molecule has 0 unspecified atom stereocenters. The normalized spacial score (nSPS) is 11.1. The molecule has 0 aromatic heterocycles. The molecule has 0 spiro atoms. The molecule has 2 aromatic rings. The fourth-order valence-corrected chi connectivity index (χ4v) is 2.71. The molecule has 0 aliphatic rings. The molecule has 4 heteroatoms. The van der Waals surface area contributed by atoms with Gasteiger partial charge in [0.2, 0.25) is 0 Å². The Kier molecular flexibility index (Phi) is 6.40. The topological polar surface area (TPSA) is 24.7 Å². The number of halogens is 2. The maximum Gasteiger partial charge on any atom is 0.0857 e. The van der Waals surface area contributed by atoms with E-state index >= 15 is 0 Å². The molecule has 0 saturated carbocycles. The molecule has 0 radical (unpaired) electrons. The largest absolute Gasteiger partial charge is 0.151 e. The van der Waals surface area contributed by atoms with Crippen molar-refractivity contribution in [1.29, 1.82) is 0 Å². The molecule has 2 nitrogen and oxygen atoms in total. The van der Waals surface area contributed by atoms with Crippen LogP contribution >= 0.6 is 31.9 Å². The molecule has 0 amide bonds. The van der Waals surface area contributed by atoms with Crippen LogP contribution in [0.25, 0.3) is 0 Å². The second kappa shape index (κ2) is 8.32. The van der Waals surface area contributed by atoms with E-state index in [1.807, 2.05) is 24.3 Å². The van der Waals surface area contributed by atoms with Crippen LogP contribution in [0.3, 0.4) is 0 Å². The minimum atomic E-state index is 0.882. The van der Waals surface area contributed by atoms with Crippen LogP contribution in [0.4, 0.5) is 11.4 Å². The lowest BCUT2D eigenvalue weighted by Crippen LogP contribution is -1.83. The van der Waals surface area contributed by atoms with Crippen molar-refractivity contribution in [2.45, 2.75) is 12.8 Å². The second-order valence-corrected chi connectivity index (χ2v) is 6.00. The van der Waals surface area contributed by atoms with Crippen LogP contribution in [-0.2, 0) is 12.8 Å². The summed E-state index contributed by atoms with van der Waals surface area (Å²) in [6, 6.07) is 16.4. The molecule has 0 bridgehead atoms. The van der Waals surface area contributed by atoms with E-state index in [1.165, 1.54) is 11.1 Å². The molecular formula is C16H16Br2N2. The van der Waals surface area contributed by atoms with Crippen molar-refractivity contribution in [2.24, 2.45) is 10.2 Å². The summed E-state index contributed by atoms with van der Waals surface area (Å²) in [4.78, 5) is 0. The van der Waals surface area contributed by atoms with Gasteiger partial charge in [-0.25, -0.2) is 0 Å². The van der Waals surface area contributed by atoms with Crippen LogP contribution in [-0.4, -0.2) is 10.7 Å². The van der Waals surface area contributed by atoms with Crippen molar-refractivity contribution in [1.82, 2.24) is 0 Å². The van der Waals surface area contributed by atoms with Gasteiger partial charge in [0, 0.05) is 10.7 Å². The summed E-state index contributed by atoms with van der Waals surface area (Å²) in [6.45, 7) is 0. The lowest BCUT2D eigenvalue weighted by molar-refractivity contribution is 1.15. The smallest absolute Gasteiger partial charge is 0.0857 e. The molecule has 0 fully saturated rings. The molecule has 20 heavy (non-hydrogen) atoms. The Morgan fingerprint density at radius 1 is 0.600 bits per heavy atom. The van der Waals surface area contributed by atoms with Gasteiger partial charge in [0.25, 0.3) is 0 Å². The molecule has 0 aliphatic heterocycles. The van der Waals surface area contributed by atoms with Crippen molar-refractivity contribution in [3.63, 3.8) is 0 Å². The van der Waals surface area contributed by atoms with Crippen molar-refractivity contribution in [2.75, 3.05) is 10.7 Å². The van der Waals surface area contributed by atoms with E-state index in [-0.39, 0.29) is 0 Å². The number of nitrogens with zero attached hydrogens (tertiary/aromatic N) is 2. The standard InChI is InChI=1S/C16H16Br2N2/c17-11-9-13-1-5-15(6-2-13)19-20-16-7-3-14(4-8-16)10-12-18/h1-8H,9-12H2/b20-19+. The van der Waals surface area contributed by atoms with Gasteiger partial charge >= 0.3 is 0 Å². The first-order valence-electron chi connectivity index (χ1n) is 6.53. The maximum atomic E-state index is 4.26. The van der Waals surface area contributed by atoms with Crippen molar-refractivity contribution in [3.8, 4) is 0 Å². The monoisotopic (exact) mass is 394 g/mol. The number of hydrogen-bond donors (Lipinski definition) is 0. The van der Waals surface area contributed by atoms with Crippen LogP contribution in [0.1, 0.15) is 11.1 Å². The van der Waals surface area contributed by atoms with Gasteiger partial charge in [-0.15, -0.1) is 0 Å². The predicted molar refractivity (Wildman–Crippen MR) is 92.1 cm³/mol. The van der Waals surface area contributed by atoms with Gasteiger partial charge in [-0.3, -0.25) is 0 Å². The summed E-state index contributed by atoms with van der Waals surface area (Å²) < 4.78 is 0. The van der Waals surface area contributed by atoms with Crippen LogP contribution in [0.2, 0.25) is 0 Å². The molecular weight excluding hydrogens is 380 g/mol. The van der Waals surface area contributed by atoms with Gasteiger partial charge in [0.15, 0.2) is 0 Å². The maximum absolute atomic E-state index is 4.26. The first-order chi connectivity index (χ1) is 9.81. The molecule has 0 heterocycles. The second-order valence-electron chi connectivity index (χ2n) is 4.41. The number of alkyl halides is 2. The van der Waals surface area contributed by atoms with E-state index in [4.69, 9.17) is 0 Å². The highest BCUT2D eigenvalue weighted by Crippen LogP contribution is 2.19. The van der Waals surface area contributed by atoms with E-state index in [1.54, 1.807) is 0 Å². The highest BCUT2D eigenvalue weighted by Gasteiger charge is 1.95. The molecule has 0 saturated heterocycles.